The molecule has 0 radical (unpaired) electrons. The molecule has 9 nitrogen and oxygen atoms in total. The Morgan fingerprint density at radius 2 is 1.54 bits per heavy atom. The fourth-order valence-corrected chi connectivity index (χ4v) is 2.31. The molecule has 0 bridgehead atoms. The summed E-state index contributed by atoms with van der Waals surface area (Å²) in [7, 11) is -4.08. The second kappa shape index (κ2) is 11.1. The van der Waals surface area contributed by atoms with E-state index in [0.717, 1.165) is 6.08 Å². The lowest BCUT2D eigenvalue weighted by Gasteiger charge is -2.23. The first kappa shape index (κ1) is 23.8. The highest BCUT2D eigenvalue weighted by Gasteiger charge is 2.25. The molecule has 0 aliphatic carbocycles. The average molecular weight is 361 g/mol. The van der Waals surface area contributed by atoms with Gasteiger partial charge in [0.15, 0.2) is 0 Å². The minimum atomic E-state index is -4.08. The van der Waals surface area contributed by atoms with E-state index in [1.165, 1.54) is 26.0 Å². The zero-order chi connectivity index (χ0) is 19.4. The first-order chi connectivity index (χ1) is 10.8. The topological polar surface area (TPSA) is 170 Å². The smallest absolute Gasteiger partial charge is 0.267 e. The van der Waals surface area contributed by atoms with Crippen molar-refractivity contribution in [2.75, 3.05) is 5.75 Å². The van der Waals surface area contributed by atoms with Crippen LogP contribution in [0.25, 0.3) is 0 Å². The Morgan fingerprint density at radius 3 is 1.83 bits per heavy atom. The summed E-state index contributed by atoms with van der Waals surface area (Å²) in [5.74, 6) is -2.01. The first-order valence-electron chi connectivity index (χ1n) is 6.61. The molecule has 0 heterocycles. The SMILES string of the molecule is C=CC(=O)NC(C)(C)CS(=O)(=O)O.NC(=O)C=CCC=CC(N)=O. The van der Waals surface area contributed by atoms with E-state index in [1.54, 1.807) is 12.2 Å². The van der Waals surface area contributed by atoms with Crippen molar-refractivity contribution in [3.05, 3.63) is 37.0 Å². The molecule has 0 aliphatic rings. The molecule has 0 fully saturated rings. The molecule has 0 rings (SSSR count). The number of nitrogens with one attached hydrogen (secondary N) is 1. The van der Waals surface area contributed by atoms with Crippen LogP contribution >= 0.6 is 0 Å². The van der Waals surface area contributed by atoms with Gasteiger partial charge in [-0.3, -0.25) is 18.9 Å². The molecule has 0 saturated heterocycles. The van der Waals surface area contributed by atoms with Gasteiger partial charge in [-0.1, -0.05) is 18.7 Å². The van der Waals surface area contributed by atoms with Crippen LogP contribution in [0.5, 0.6) is 0 Å². The molecular formula is C14H23N3O6S. The molecule has 0 saturated carbocycles. The number of primary amides is 2. The second-order valence-corrected chi connectivity index (χ2v) is 6.60. The molecule has 24 heavy (non-hydrogen) atoms. The van der Waals surface area contributed by atoms with E-state index in [2.05, 4.69) is 11.9 Å². The Hall–Kier alpha value is -2.46. The van der Waals surface area contributed by atoms with Crippen LogP contribution in [-0.4, -0.2) is 42.0 Å². The van der Waals surface area contributed by atoms with Crippen molar-refractivity contribution in [3.8, 4) is 0 Å². The van der Waals surface area contributed by atoms with Gasteiger partial charge in [-0.2, -0.15) is 8.42 Å². The minimum Gasteiger partial charge on any atom is -0.366 e. The van der Waals surface area contributed by atoms with E-state index >= 15 is 0 Å². The predicted octanol–water partition coefficient (Wildman–Crippen LogP) is -0.585. The van der Waals surface area contributed by atoms with Crippen LogP contribution < -0.4 is 16.8 Å². The third kappa shape index (κ3) is 19.5. The molecule has 0 aliphatic heterocycles. The van der Waals surface area contributed by atoms with Gasteiger partial charge in [-0.15, -0.1) is 0 Å². The van der Waals surface area contributed by atoms with Gasteiger partial charge in [0.2, 0.25) is 17.7 Å². The van der Waals surface area contributed by atoms with E-state index in [0.29, 0.717) is 6.42 Å². The van der Waals surface area contributed by atoms with Gasteiger partial charge in [0, 0.05) is 0 Å². The highest BCUT2D eigenvalue weighted by Crippen LogP contribution is 2.05. The zero-order valence-electron chi connectivity index (χ0n) is 13.6. The van der Waals surface area contributed by atoms with Gasteiger partial charge in [-0.25, -0.2) is 0 Å². The molecule has 0 spiro atoms. The van der Waals surface area contributed by atoms with Crippen LogP contribution in [0.1, 0.15) is 20.3 Å². The summed E-state index contributed by atoms with van der Waals surface area (Å²) < 4.78 is 29.5. The van der Waals surface area contributed by atoms with Crippen molar-refractivity contribution in [1.82, 2.24) is 5.32 Å². The second-order valence-electron chi connectivity index (χ2n) is 5.15. The highest BCUT2D eigenvalue weighted by atomic mass is 32.2. The Kier molecular flexibility index (Phi) is 11.0. The van der Waals surface area contributed by atoms with Crippen LogP contribution in [0.15, 0.2) is 37.0 Å². The van der Waals surface area contributed by atoms with Crippen molar-refractivity contribution >= 4 is 27.8 Å². The molecular weight excluding hydrogens is 338 g/mol. The summed E-state index contributed by atoms with van der Waals surface area (Å²) in [5.41, 5.74) is 8.58. The van der Waals surface area contributed by atoms with Crippen molar-refractivity contribution in [2.45, 2.75) is 25.8 Å². The summed E-state index contributed by atoms with van der Waals surface area (Å²) in [6.45, 7) is 6.19. The van der Waals surface area contributed by atoms with Gasteiger partial charge in [0.1, 0.15) is 0 Å². The van der Waals surface area contributed by atoms with Gasteiger partial charge >= 0.3 is 0 Å². The van der Waals surface area contributed by atoms with Crippen LogP contribution in [0.4, 0.5) is 0 Å². The van der Waals surface area contributed by atoms with E-state index in [9.17, 15) is 22.8 Å². The molecule has 136 valence electrons. The van der Waals surface area contributed by atoms with E-state index in [4.69, 9.17) is 16.0 Å². The minimum absolute atomic E-state index is 0.478. The van der Waals surface area contributed by atoms with Gasteiger partial charge < -0.3 is 16.8 Å². The van der Waals surface area contributed by atoms with E-state index in [1.807, 2.05) is 0 Å². The summed E-state index contributed by atoms with van der Waals surface area (Å²) in [5, 5.41) is 2.37. The van der Waals surface area contributed by atoms with Gasteiger partial charge in [0.25, 0.3) is 10.1 Å². The predicted molar refractivity (Wildman–Crippen MR) is 90.1 cm³/mol. The Balaban J connectivity index is 0. The highest BCUT2D eigenvalue weighted by molar-refractivity contribution is 7.85. The average Bonchev–Trinajstić information content (AvgIpc) is 2.34. The molecule has 10 heteroatoms. The van der Waals surface area contributed by atoms with Crippen molar-refractivity contribution in [2.24, 2.45) is 11.5 Å². The van der Waals surface area contributed by atoms with Crippen LogP contribution in [0.2, 0.25) is 0 Å². The maximum atomic E-state index is 10.8. The zero-order valence-corrected chi connectivity index (χ0v) is 14.4. The number of hydrogen-bond acceptors (Lipinski definition) is 5. The van der Waals surface area contributed by atoms with Gasteiger partial charge in [-0.05, 0) is 38.5 Å². The number of amides is 3. The maximum absolute atomic E-state index is 10.8. The molecule has 0 atom stereocenters. The quantitative estimate of drug-likeness (QED) is 0.333. The van der Waals surface area contributed by atoms with Crippen LogP contribution in [0, 0.1) is 0 Å². The summed E-state index contributed by atoms with van der Waals surface area (Å²) in [6, 6.07) is 0. The summed E-state index contributed by atoms with van der Waals surface area (Å²) in [4.78, 5) is 31.0. The number of nitrogens with two attached hydrogens (primary N) is 2. The Bertz CT molecular complexity index is 598. The fraction of sp³-hybridized carbons (Fsp3) is 0.357. The number of rotatable bonds is 8. The van der Waals surface area contributed by atoms with Gasteiger partial charge in [0.05, 0.1) is 11.3 Å². The maximum Gasteiger partial charge on any atom is 0.267 e. The molecule has 0 aromatic rings. The fourth-order valence-electron chi connectivity index (χ4n) is 1.32. The number of hydrogen-bond donors (Lipinski definition) is 4. The van der Waals surface area contributed by atoms with Crippen LogP contribution in [0.3, 0.4) is 0 Å². The normalized spacial score (nSPS) is 11.6. The lowest BCUT2D eigenvalue weighted by atomic mass is 10.1. The molecule has 0 aromatic carbocycles. The Labute approximate surface area is 141 Å². The largest absolute Gasteiger partial charge is 0.366 e. The number of carbonyl (C=O) groups excluding carboxylic acids is 3. The summed E-state index contributed by atoms with van der Waals surface area (Å²) in [6.07, 6.45) is 7.05. The Morgan fingerprint density at radius 1 is 1.12 bits per heavy atom. The monoisotopic (exact) mass is 361 g/mol. The van der Waals surface area contributed by atoms with E-state index in [-0.39, 0.29) is 0 Å². The molecule has 6 N–H and O–H groups in total. The van der Waals surface area contributed by atoms with Crippen LogP contribution in [-0.2, 0) is 24.5 Å². The molecule has 3 amide bonds. The third-order valence-corrected chi connectivity index (χ3v) is 3.11. The molecule has 0 aromatic heterocycles. The number of carbonyl (C=O) groups is 3. The lowest BCUT2D eigenvalue weighted by molar-refractivity contribution is -0.118. The third-order valence-electron chi connectivity index (χ3n) is 2.03. The standard InChI is InChI=1S/C7H10N2O2.C7H13NO4S/c8-6(10)4-2-1-3-5-7(9)11;1-4-6(9)8-7(2,3)5-13(10,11)12/h2-5H,1H2,(H2,8,10)(H2,9,11);4H,1,5H2,2-3H3,(H,8,9)(H,10,11,12). The summed E-state index contributed by atoms with van der Waals surface area (Å²) >= 11 is 0. The number of allylic oxidation sites excluding steroid dienone is 2. The van der Waals surface area contributed by atoms with Crippen molar-refractivity contribution in [3.63, 3.8) is 0 Å². The first-order valence-corrected chi connectivity index (χ1v) is 8.21. The van der Waals surface area contributed by atoms with Crippen molar-refractivity contribution < 1.29 is 27.4 Å². The van der Waals surface area contributed by atoms with E-state index < -0.39 is 39.1 Å². The lowest BCUT2D eigenvalue weighted by Crippen LogP contribution is -2.47. The molecule has 0 unspecified atom stereocenters. The van der Waals surface area contributed by atoms with Crippen molar-refractivity contribution in [1.29, 1.82) is 0 Å².